The molecule has 1 heterocycles. The average Bonchev–Trinajstić information content (AvgIpc) is 3.28. The zero-order chi connectivity index (χ0) is 14.1. The van der Waals surface area contributed by atoms with Gasteiger partial charge in [-0.3, -0.25) is 0 Å². The Morgan fingerprint density at radius 3 is 2.50 bits per heavy atom. The lowest BCUT2D eigenvalue weighted by atomic mass is 10.2. The number of aryl methyl sites for hydroxylation is 1. The van der Waals surface area contributed by atoms with Crippen molar-refractivity contribution in [1.82, 2.24) is 9.97 Å². The van der Waals surface area contributed by atoms with Crippen molar-refractivity contribution in [3.8, 4) is 0 Å². The molecule has 0 atom stereocenters. The fourth-order valence-corrected chi connectivity index (χ4v) is 2.68. The maximum Gasteiger partial charge on any atom is 0.137 e. The van der Waals surface area contributed by atoms with E-state index in [4.69, 9.17) is 4.98 Å². The minimum absolute atomic E-state index is 0.725. The summed E-state index contributed by atoms with van der Waals surface area (Å²) in [6.07, 6.45) is 6.56. The predicted molar refractivity (Wildman–Crippen MR) is 83.4 cm³/mol. The van der Waals surface area contributed by atoms with Crippen molar-refractivity contribution in [2.75, 3.05) is 23.3 Å². The zero-order valence-electron chi connectivity index (χ0n) is 12.9. The fourth-order valence-electron chi connectivity index (χ4n) is 2.68. The van der Waals surface area contributed by atoms with E-state index < -0.39 is 0 Å². The van der Waals surface area contributed by atoms with Crippen LogP contribution in [0.3, 0.4) is 0 Å². The molecule has 3 rings (SSSR count). The van der Waals surface area contributed by atoms with Crippen LogP contribution in [0.2, 0.25) is 0 Å². The lowest BCUT2D eigenvalue weighted by molar-refractivity contribution is 0.702. The van der Waals surface area contributed by atoms with E-state index in [0.29, 0.717) is 0 Å². The van der Waals surface area contributed by atoms with Gasteiger partial charge in [0.05, 0.1) is 0 Å². The number of nitrogens with zero attached hydrogens (tertiary/aromatic N) is 3. The molecule has 1 aromatic heterocycles. The summed E-state index contributed by atoms with van der Waals surface area (Å²) in [5.41, 5.74) is 1.22. The smallest absolute Gasteiger partial charge is 0.137 e. The fraction of sp³-hybridized carbons (Fsp3) is 0.750. The van der Waals surface area contributed by atoms with Crippen molar-refractivity contribution in [2.24, 2.45) is 5.92 Å². The minimum Gasteiger partial charge on any atom is -0.370 e. The molecule has 4 heteroatoms. The Labute approximate surface area is 122 Å². The van der Waals surface area contributed by atoms with E-state index in [9.17, 15) is 0 Å². The van der Waals surface area contributed by atoms with Crippen molar-refractivity contribution in [3.05, 3.63) is 11.4 Å². The van der Waals surface area contributed by atoms with E-state index >= 15 is 0 Å². The van der Waals surface area contributed by atoms with Crippen molar-refractivity contribution in [1.29, 1.82) is 0 Å². The highest BCUT2D eigenvalue weighted by Gasteiger charge is 2.35. The summed E-state index contributed by atoms with van der Waals surface area (Å²) < 4.78 is 0. The van der Waals surface area contributed by atoms with Gasteiger partial charge in [0.25, 0.3) is 0 Å². The molecular formula is C16H26N4. The topological polar surface area (TPSA) is 41.1 Å². The second kappa shape index (κ2) is 5.58. The Balaban J connectivity index is 1.87. The summed E-state index contributed by atoms with van der Waals surface area (Å²) in [6, 6.07) is 0.725. The molecule has 110 valence electrons. The summed E-state index contributed by atoms with van der Waals surface area (Å²) in [6.45, 7) is 8.51. The Morgan fingerprint density at radius 1 is 1.15 bits per heavy atom. The van der Waals surface area contributed by atoms with Gasteiger partial charge < -0.3 is 10.2 Å². The van der Waals surface area contributed by atoms with Gasteiger partial charge in [-0.05, 0) is 51.9 Å². The predicted octanol–water partition coefficient (Wildman–Crippen LogP) is 3.29. The van der Waals surface area contributed by atoms with Crippen LogP contribution in [-0.2, 0) is 0 Å². The molecule has 4 nitrogen and oxygen atoms in total. The average molecular weight is 274 g/mol. The van der Waals surface area contributed by atoms with Crippen molar-refractivity contribution >= 4 is 11.6 Å². The first kappa shape index (κ1) is 13.7. The number of aromatic nitrogens is 2. The van der Waals surface area contributed by atoms with Gasteiger partial charge in [0.2, 0.25) is 0 Å². The number of hydrogen-bond acceptors (Lipinski definition) is 4. The maximum absolute atomic E-state index is 4.76. The molecule has 0 bridgehead atoms. The van der Waals surface area contributed by atoms with Crippen molar-refractivity contribution in [3.63, 3.8) is 0 Å². The molecule has 0 aromatic carbocycles. The molecule has 0 saturated heterocycles. The van der Waals surface area contributed by atoms with Gasteiger partial charge in [0, 0.05) is 24.7 Å². The van der Waals surface area contributed by atoms with E-state index in [2.05, 4.69) is 29.0 Å². The van der Waals surface area contributed by atoms with Gasteiger partial charge in [-0.1, -0.05) is 6.92 Å². The number of nitrogens with one attached hydrogen (secondary N) is 1. The van der Waals surface area contributed by atoms with Crippen LogP contribution in [0.15, 0.2) is 0 Å². The quantitative estimate of drug-likeness (QED) is 0.828. The third kappa shape index (κ3) is 3.05. The first-order chi connectivity index (χ1) is 9.69. The van der Waals surface area contributed by atoms with Crippen LogP contribution in [-0.4, -0.2) is 29.1 Å². The summed E-state index contributed by atoms with van der Waals surface area (Å²) in [7, 11) is 0. The Bertz CT molecular complexity index is 478. The first-order valence-corrected chi connectivity index (χ1v) is 8.04. The molecule has 1 aromatic rings. The van der Waals surface area contributed by atoms with Crippen LogP contribution in [0.4, 0.5) is 11.6 Å². The van der Waals surface area contributed by atoms with Crippen LogP contribution in [0, 0.1) is 19.8 Å². The Morgan fingerprint density at radius 2 is 1.90 bits per heavy atom. The Kier molecular flexibility index (Phi) is 3.81. The Hall–Kier alpha value is -1.32. The summed E-state index contributed by atoms with van der Waals surface area (Å²) >= 11 is 0. The number of anilines is 2. The van der Waals surface area contributed by atoms with Gasteiger partial charge in [-0.25, -0.2) is 9.97 Å². The molecule has 20 heavy (non-hydrogen) atoms. The van der Waals surface area contributed by atoms with Gasteiger partial charge in [-0.2, -0.15) is 0 Å². The molecule has 2 aliphatic rings. The first-order valence-electron chi connectivity index (χ1n) is 8.04. The van der Waals surface area contributed by atoms with Gasteiger partial charge >= 0.3 is 0 Å². The van der Waals surface area contributed by atoms with Crippen LogP contribution in [0.1, 0.15) is 50.4 Å². The SMILES string of the molecule is CCCNc1nc(C)nc(N(CC2CC2)C2CC2)c1C. The molecule has 0 radical (unpaired) electrons. The lowest BCUT2D eigenvalue weighted by Gasteiger charge is -2.26. The van der Waals surface area contributed by atoms with E-state index in [0.717, 1.165) is 36.6 Å². The highest BCUT2D eigenvalue weighted by atomic mass is 15.3. The van der Waals surface area contributed by atoms with Crippen LogP contribution < -0.4 is 10.2 Å². The largest absolute Gasteiger partial charge is 0.370 e. The molecular weight excluding hydrogens is 248 g/mol. The van der Waals surface area contributed by atoms with Crippen LogP contribution in [0.25, 0.3) is 0 Å². The second-order valence-corrected chi connectivity index (χ2v) is 6.32. The maximum atomic E-state index is 4.76. The number of hydrogen-bond donors (Lipinski definition) is 1. The molecule has 2 fully saturated rings. The van der Waals surface area contributed by atoms with Gasteiger partial charge in [0.1, 0.15) is 17.5 Å². The summed E-state index contributed by atoms with van der Waals surface area (Å²) in [5, 5.41) is 3.45. The minimum atomic E-state index is 0.725. The normalized spacial score (nSPS) is 18.1. The molecule has 0 amide bonds. The van der Waals surface area contributed by atoms with Gasteiger partial charge in [0.15, 0.2) is 0 Å². The third-order valence-corrected chi connectivity index (χ3v) is 4.19. The van der Waals surface area contributed by atoms with E-state index in [1.807, 2.05) is 6.92 Å². The van der Waals surface area contributed by atoms with Crippen LogP contribution >= 0.6 is 0 Å². The molecule has 0 unspecified atom stereocenters. The second-order valence-electron chi connectivity index (χ2n) is 6.32. The molecule has 1 N–H and O–H groups in total. The standard InChI is InChI=1S/C16H26N4/c1-4-9-17-15-11(2)16(19-12(3)18-15)20(14-7-8-14)10-13-5-6-13/h13-14H,4-10H2,1-3H3,(H,17,18,19). The summed E-state index contributed by atoms with van der Waals surface area (Å²) in [5.74, 6) is 3.98. The zero-order valence-corrected chi connectivity index (χ0v) is 12.9. The summed E-state index contributed by atoms with van der Waals surface area (Å²) in [4.78, 5) is 11.9. The highest BCUT2D eigenvalue weighted by molar-refractivity contribution is 5.59. The van der Waals surface area contributed by atoms with E-state index in [1.54, 1.807) is 0 Å². The molecule has 2 saturated carbocycles. The van der Waals surface area contributed by atoms with E-state index in [1.165, 1.54) is 43.6 Å². The molecule has 2 aliphatic carbocycles. The van der Waals surface area contributed by atoms with Crippen LogP contribution in [0.5, 0.6) is 0 Å². The molecule has 0 aliphatic heterocycles. The third-order valence-electron chi connectivity index (χ3n) is 4.19. The lowest BCUT2D eigenvalue weighted by Crippen LogP contribution is -2.30. The number of rotatable bonds is 7. The highest BCUT2D eigenvalue weighted by Crippen LogP contribution is 2.38. The van der Waals surface area contributed by atoms with Crippen molar-refractivity contribution in [2.45, 2.75) is 58.9 Å². The van der Waals surface area contributed by atoms with Crippen molar-refractivity contribution < 1.29 is 0 Å². The van der Waals surface area contributed by atoms with Gasteiger partial charge in [-0.15, -0.1) is 0 Å². The molecule has 0 spiro atoms. The van der Waals surface area contributed by atoms with E-state index in [-0.39, 0.29) is 0 Å². The monoisotopic (exact) mass is 274 g/mol.